The van der Waals surface area contributed by atoms with E-state index in [0.717, 1.165) is 12.3 Å². The first kappa shape index (κ1) is 20.2. The summed E-state index contributed by atoms with van der Waals surface area (Å²) in [4.78, 5) is -0.104. The number of methoxy groups -OCH3 is 1. The van der Waals surface area contributed by atoms with Crippen LogP contribution in [0.5, 0.6) is 0 Å². The maximum Gasteiger partial charge on any atom is 0.243 e. The molecule has 0 amide bonds. The zero-order valence-electron chi connectivity index (χ0n) is 14.2. The number of ether oxygens (including phenoxy) is 1. The minimum Gasteiger partial charge on any atom is -0.385 e. The molecule has 0 bridgehead atoms. The molecule has 7 nitrogen and oxygen atoms in total. The number of nitrogens with one attached hydrogen (secondary N) is 1. The second-order valence-corrected chi connectivity index (χ2v) is 9.95. The van der Waals surface area contributed by atoms with Crippen LogP contribution in [0.25, 0.3) is 0 Å². The lowest BCUT2D eigenvalue weighted by Gasteiger charge is -2.41. The highest BCUT2D eigenvalue weighted by Crippen LogP contribution is 2.30. The van der Waals surface area contributed by atoms with Crippen molar-refractivity contribution in [3.05, 3.63) is 30.1 Å². The number of rotatable bonds is 7. The Labute approximate surface area is 148 Å². The fraction of sp³-hybridized carbons (Fsp3) is 0.600. The molecule has 0 radical (unpaired) electrons. The van der Waals surface area contributed by atoms with Gasteiger partial charge in [0.05, 0.1) is 11.2 Å². The number of hydrogen-bond donors (Lipinski definition) is 1. The Kier molecular flexibility index (Phi) is 6.21. The van der Waals surface area contributed by atoms with E-state index in [2.05, 4.69) is 4.72 Å². The van der Waals surface area contributed by atoms with Crippen molar-refractivity contribution in [1.82, 2.24) is 9.03 Å². The molecule has 1 aromatic carbocycles. The number of benzene rings is 1. The van der Waals surface area contributed by atoms with Crippen molar-refractivity contribution in [2.75, 3.05) is 33.1 Å². The van der Waals surface area contributed by atoms with E-state index < -0.39 is 31.4 Å². The van der Waals surface area contributed by atoms with E-state index in [-0.39, 0.29) is 18.0 Å². The van der Waals surface area contributed by atoms with E-state index >= 15 is 0 Å². The average Bonchev–Trinajstić information content (AvgIpc) is 2.52. The Morgan fingerprint density at radius 3 is 2.40 bits per heavy atom. The van der Waals surface area contributed by atoms with Crippen LogP contribution in [0.15, 0.2) is 29.2 Å². The van der Waals surface area contributed by atoms with Crippen LogP contribution in [-0.2, 0) is 24.8 Å². The minimum atomic E-state index is -3.81. The maximum absolute atomic E-state index is 13.3. The van der Waals surface area contributed by atoms with Gasteiger partial charge in [0.15, 0.2) is 0 Å². The molecule has 0 unspecified atom stereocenters. The normalized spacial score (nSPS) is 19.0. The van der Waals surface area contributed by atoms with Crippen LogP contribution >= 0.6 is 0 Å². The SMILES string of the molecule is COCCC1(NS(C)(=O)=O)CCN(S(=O)(=O)c2cccc(F)c2)CC1. The van der Waals surface area contributed by atoms with Gasteiger partial charge in [-0.1, -0.05) is 6.07 Å². The van der Waals surface area contributed by atoms with Gasteiger partial charge in [0.2, 0.25) is 20.0 Å². The molecule has 2 rings (SSSR count). The molecule has 0 aromatic heterocycles. The fourth-order valence-corrected chi connectivity index (χ4v) is 5.59. The number of piperidine rings is 1. The van der Waals surface area contributed by atoms with Crippen LogP contribution in [0.2, 0.25) is 0 Å². The van der Waals surface area contributed by atoms with Crippen LogP contribution in [0, 0.1) is 5.82 Å². The molecule has 0 saturated carbocycles. The summed E-state index contributed by atoms with van der Waals surface area (Å²) in [7, 11) is -5.74. The highest BCUT2D eigenvalue weighted by molar-refractivity contribution is 7.89. The van der Waals surface area contributed by atoms with Crippen molar-refractivity contribution >= 4 is 20.0 Å². The average molecular weight is 394 g/mol. The minimum absolute atomic E-state index is 0.104. The number of nitrogens with zero attached hydrogens (tertiary/aromatic N) is 1. The predicted octanol–water partition coefficient (Wildman–Crippen LogP) is 0.935. The predicted molar refractivity (Wildman–Crippen MR) is 91.6 cm³/mol. The van der Waals surface area contributed by atoms with E-state index in [9.17, 15) is 21.2 Å². The molecular formula is C15H23FN2O5S2. The van der Waals surface area contributed by atoms with E-state index in [1.165, 1.54) is 29.6 Å². The number of halogens is 1. The van der Waals surface area contributed by atoms with Crippen LogP contribution in [0.4, 0.5) is 4.39 Å². The second-order valence-electron chi connectivity index (χ2n) is 6.26. The van der Waals surface area contributed by atoms with Gasteiger partial charge in [-0.2, -0.15) is 4.31 Å². The fourth-order valence-electron chi connectivity index (χ4n) is 3.02. The summed E-state index contributed by atoms with van der Waals surface area (Å²) in [5.74, 6) is -0.619. The molecule has 1 aliphatic heterocycles. The first-order chi connectivity index (χ1) is 11.6. The molecule has 0 aliphatic carbocycles. The number of hydrogen-bond acceptors (Lipinski definition) is 5. The first-order valence-corrected chi connectivity index (χ1v) is 11.1. The molecule has 1 N–H and O–H groups in total. The maximum atomic E-state index is 13.3. The van der Waals surface area contributed by atoms with E-state index in [4.69, 9.17) is 4.74 Å². The van der Waals surface area contributed by atoms with Gasteiger partial charge in [-0.15, -0.1) is 0 Å². The van der Waals surface area contributed by atoms with Crippen molar-refractivity contribution in [3.8, 4) is 0 Å². The van der Waals surface area contributed by atoms with Gasteiger partial charge in [0, 0.05) is 32.3 Å². The third kappa shape index (κ3) is 5.20. The Balaban J connectivity index is 2.17. The zero-order valence-corrected chi connectivity index (χ0v) is 15.9. The third-order valence-electron chi connectivity index (χ3n) is 4.30. The Hall–Kier alpha value is -1.07. The van der Waals surface area contributed by atoms with E-state index in [1.807, 2.05) is 0 Å². The molecule has 142 valence electrons. The van der Waals surface area contributed by atoms with Gasteiger partial charge in [0.1, 0.15) is 5.82 Å². The van der Waals surface area contributed by atoms with Crippen molar-refractivity contribution in [2.24, 2.45) is 0 Å². The lowest BCUT2D eigenvalue weighted by Crippen LogP contribution is -2.56. The molecule has 1 aliphatic rings. The van der Waals surface area contributed by atoms with Crippen LogP contribution in [-0.4, -0.2) is 59.7 Å². The molecule has 25 heavy (non-hydrogen) atoms. The Morgan fingerprint density at radius 2 is 1.88 bits per heavy atom. The summed E-state index contributed by atoms with van der Waals surface area (Å²) in [5.41, 5.74) is -0.739. The van der Waals surface area contributed by atoms with E-state index in [0.29, 0.717) is 25.9 Å². The lowest BCUT2D eigenvalue weighted by molar-refractivity contribution is 0.132. The highest BCUT2D eigenvalue weighted by Gasteiger charge is 2.40. The summed E-state index contributed by atoms with van der Waals surface area (Å²) in [6.07, 6.45) is 2.16. The second kappa shape index (κ2) is 7.67. The van der Waals surface area contributed by atoms with Crippen LogP contribution in [0.1, 0.15) is 19.3 Å². The molecule has 0 spiro atoms. The Morgan fingerprint density at radius 1 is 1.24 bits per heavy atom. The summed E-state index contributed by atoms with van der Waals surface area (Å²) < 4.78 is 70.9. The molecule has 0 atom stereocenters. The molecule has 1 heterocycles. The largest absolute Gasteiger partial charge is 0.385 e. The number of sulfonamides is 2. The smallest absolute Gasteiger partial charge is 0.243 e. The van der Waals surface area contributed by atoms with Gasteiger partial charge in [-0.3, -0.25) is 0 Å². The molecule has 1 saturated heterocycles. The van der Waals surface area contributed by atoms with Gasteiger partial charge in [-0.05, 0) is 37.5 Å². The zero-order chi connectivity index (χ0) is 18.7. The van der Waals surface area contributed by atoms with Crippen molar-refractivity contribution in [2.45, 2.75) is 29.7 Å². The van der Waals surface area contributed by atoms with Crippen molar-refractivity contribution in [1.29, 1.82) is 0 Å². The molecule has 1 aromatic rings. The van der Waals surface area contributed by atoms with Crippen molar-refractivity contribution in [3.63, 3.8) is 0 Å². The summed E-state index contributed by atoms with van der Waals surface area (Å²) in [6, 6.07) is 4.86. The summed E-state index contributed by atoms with van der Waals surface area (Å²) in [6.45, 7) is 0.648. The molecular weight excluding hydrogens is 371 g/mol. The van der Waals surface area contributed by atoms with Gasteiger partial charge < -0.3 is 4.74 Å². The van der Waals surface area contributed by atoms with Gasteiger partial charge >= 0.3 is 0 Å². The Bertz CT molecular complexity index is 803. The lowest BCUT2D eigenvalue weighted by atomic mass is 9.86. The topological polar surface area (TPSA) is 92.8 Å². The van der Waals surface area contributed by atoms with E-state index in [1.54, 1.807) is 0 Å². The van der Waals surface area contributed by atoms with Crippen molar-refractivity contribution < 1.29 is 26.0 Å². The highest BCUT2D eigenvalue weighted by atomic mass is 32.2. The summed E-state index contributed by atoms with van der Waals surface area (Å²) >= 11 is 0. The first-order valence-electron chi connectivity index (χ1n) is 7.82. The van der Waals surface area contributed by atoms with Gasteiger partial charge in [-0.25, -0.2) is 25.9 Å². The van der Waals surface area contributed by atoms with Gasteiger partial charge in [0.25, 0.3) is 0 Å². The third-order valence-corrected chi connectivity index (χ3v) is 7.00. The monoisotopic (exact) mass is 394 g/mol. The quantitative estimate of drug-likeness (QED) is 0.743. The standard InChI is InChI=1S/C15H23FN2O5S2/c1-23-11-8-15(17-24(2,19)20)6-9-18(10-7-15)25(21,22)14-5-3-4-13(16)12-14/h3-5,12,17H,6-11H2,1-2H3. The summed E-state index contributed by atoms with van der Waals surface area (Å²) in [5, 5.41) is 0. The molecule has 10 heteroatoms. The van der Waals surface area contributed by atoms with Crippen LogP contribution < -0.4 is 4.72 Å². The molecule has 1 fully saturated rings. The van der Waals surface area contributed by atoms with Crippen LogP contribution in [0.3, 0.4) is 0 Å².